The average Bonchev–Trinajstić information content (AvgIpc) is 3.74. The van der Waals surface area contributed by atoms with E-state index in [4.69, 9.17) is 9.47 Å². The Morgan fingerprint density at radius 3 is 2.75 bits per heavy atom. The molecule has 2 heterocycles. The zero-order valence-electron chi connectivity index (χ0n) is 21.2. The number of hydrogen-bond acceptors (Lipinski definition) is 6. The van der Waals surface area contributed by atoms with Gasteiger partial charge in [0.25, 0.3) is 5.91 Å². The fourth-order valence-electron chi connectivity index (χ4n) is 4.24. The van der Waals surface area contributed by atoms with Crippen molar-refractivity contribution in [3.63, 3.8) is 0 Å². The molecule has 8 heteroatoms. The average molecular weight is 492 g/mol. The van der Waals surface area contributed by atoms with E-state index < -0.39 is 0 Å². The minimum Gasteiger partial charge on any atom is -0.497 e. The van der Waals surface area contributed by atoms with Gasteiger partial charge in [-0.1, -0.05) is 24.8 Å². The largest absolute Gasteiger partial charge is 0.497 e. The monoisotopic (exact) mass is 491 g/mol. The topological polar surface area (TPSA) is 92.2 Å². The molecule has 1 aromatic carbocycles. The minimum absolute atomic E-state index is 0.0834. The lowest BCUT2D eigenvalue weighted by Gasteiger charge is -2.37. The van der Waals surface area contributed by atoms with E-state index in [0.717, 1.165) is 18.4 Å². The first-order valence-electron chi connectivity index (χ1n) is 12.3. The number of ether oxygens (including phenoxy) is 2. The van der Waals surface area contributed by atoms with Gasteiger partial charge in [-0.05, 0) is 44.0 Å². The summed E-state index contributed by atoms with van der Waals surface area (Å²) in [5, 5.41) is 9.83. The van der Waals surface area contributed by atoms with Crippen LogP contribution in [-0.4, -0.2) is 77.7 Å². The lowest BCUT2D eigenvalue weighted by atomic mass is 9.99. The number of hydrogen-bond donors (Lipinski definition) is 1. The Morgan fingerprint density at radius 2 is 2.06 bits per heavy atom. The van der Waals surface area contributed by atoms with E-state index in [1.165, 1.54) is 0 Å². The number of likely N-dealkylation sites (N-methyl/N-ethyl adjacent to an activating group) is 1. The first-order chi connectivity index (χ1) is 17.3. The molecule has 0 spiro atoms. The third-order valence-electron chi connectivity index (χ3n) is 6.70. The summed E-state index contributed by atoms with van der Waals surface area (Å²) in [4.78, 5) is 33.9. The highest BCUT2D eigenvalue weighted by atomic mass is 16.5. The van der Waals surface area contributed by atoms with Gasteiger partial charge in [-0.3, -0.25) is 9.59 Å². The fourth-order valence-corrected chi connectivity index (χ4v) is 4.24. The van der Waals surface area contributed by atoms with Gasteiger partial charge in [-0.25, -0.2) is 4.98 Å². The Bertz CT molecular complexity index is 1180. The molecule has 2 aliphatic rings. The van der Waals surface area contributed by atoms with E-state index in [1.54, 1.807) is 36.2 Å². The quantitative estimate of drug-likeness (QED) is 0.625. The van der Waals surface area contributed by atoms with Crippen molar-refractivity contribution < 1.29 is 24.2 Å². The van der Waals surface area contributed by atoms with E-state index in [-0.39, 0.29) is 48.3 Å². The molecule has 0 bridgehead atoms. The predicted molar refractivity (Wildman–Crippen MR) is 135 cm³/mol. The lowest BCUT2D eigenvalue weighted by Crippen LogP contribution is -2.50. The molecule has 0 saturated heterocycles. The predicted octanol–water partition coefficient (Wildman–Crippen LogP) is 2.58. The van der Waals surface area contributed by atoms with Crippen LogP contribution in [-0.2, 0) is 4.79 Å². The van der Waals surface area contributed by atoms with E-state index in [2.05, 4.69) is 16.8 Å². The molecular formula is C28H33N3O5. The third-order valence-corrected chi connectivity index (χ3v) is 6.70. The van der Waals surface area contributed by atoms with Crippen LogP contribution in [0.3, 0.4) is 0 Å². The third kappa shape index (κ3) is 5.80. The maximum Gasteiger partial charge on any atom is 0.259 e. The van der Waals surface area contributed by atoms with Gasteiger partial charge in [0, 0.05) is 42.8 Å². The Balaban J connectivity index is 1.65. The molecule has 4 rings (SSSR count). The molecule has 1 aliphatic heterocycles. The van der Waals surface area contributed by atoms with Crippen molar-refractivity contribution in [2.75, 3.05) is 33.9 Å². The molecular weight excluding hydrogens is 458 g/mol. The van der Waals surface area contributed by atoms with E-state index >= 15 is 0 Å². The molecule has 1 aromatic heterocycles. The Hall–Kier alpha value is -3.57. The smallest absolute Gasteiger partial charge is 0.259 e. The molecule has 36 heavy (non-hydrogen) atoms. The van der Waals surface area contributed by atoms with Crippen molar-refractivity contribution >= 4 is 11.8 Å². The molecule has 2 amide bonds. The van der Waals surface area contributed by atoms with Gasteiger partial charge in [0.15, 0.2) is 0 Å². The second-order valence-corrected chi connectivity index (χ2v) is 9.67. The van der Waals surface area contributed by atoms with Crippen LogP contribution in [0.4, 0.5) is 0 Å². The number of carbonyl (C=O) groups excluding carboxylic acids is 2. The Kier molecular flexibility index (Phi) is 7.80. The first kappa shape index (κ1) is 25.5. The minimum atomic E-state index is -0.385. The van der Waals surface area contributed by atoms with Crippen molar-refractivity contribution in [1.82, 2.24) is 14.8 Å². The van der Waals surface area contributed by atoms with Crippen molar-refractivity contribution in [3.8, 4) is 23.5 Å². The first-order valence-corrected chi connectivity index (χ1v) is 12.3. The molecule has 1 fully saturated rings. The number of rotatable bonds is 6. The number of fused-ring (bicyclic) bond motifs is 1. The summed E-state index contributed by atoms with van der Waals surface area (Å²) in [6, 6.07) is 8.71. The molecule has 1 aliphatic carbocycles. The number of pyridine rings is 1. The van der Waals surface area contributed by atoms with Gasteiger partial charge in [-0.15, -0.1) is 0 Å². The molecule has 8 nitrogen and oxygen atoms in total. The van der Waals surface area contributed by atoms with Crippen molar-refractivity contribution in [3.05, 3.63) is 53.2 Å². The highest BCUT2D eigenvalue weighted by Gasteiger charge is 2.37. The lowest BCUT2D eigenvalue weighted by molar-refractivity contribution is -0.132. The van der Waals surface area contributed by atoms with Gasteiger partial charge in [0.2, 0.25) is 11.8 Å². The molecule has 0 unspecified atom stereocenters. The molecule has 1 saturated carbocycles. The number of amides is 2. The summed E-state index contributed by atoms with van der Waals surface area (Å²) in [7, 11) is 3.39. The SMILES string of the molecule is COc1cccc(C#Cc2cnc3c(c2)C(=O)N([C@H](C)CO)C[C@@H](C)[C@@H](CN(C)C(=O)C2CC2)O3)c1. The van der Waals surface area contributed by atoms with Crippen molar-refractivity contribution in [2.24, 2.45) is 11.8 Å². The van der Waals surface area contributed by atoms with Crippen LogP contribution >= 0.6 is 0 Å². The van der Waals surface area contributed by atoms with Crippen LogP contribution in [0, 0.1) is 23.7 Å². The number of aliphatic hydroxyl groups is 1. The number of aliphatic hydroxyl groups excluding tert-OH is 1. The number of aromatic nitrogens is 1. The highest BCUT2D eigenvalue weighted by molar-refractivity contribution is 5.97. The van der Waals surface area contributed by atoms with E-state index in [1.807, 2.05) is 38.1 Å². The zero-order valence-corrected chi connectivity index (χ0v) is 21.2. The summed E-state index contributed by atoms with van der Waals surface area (Å²) in [5.41, 5.74) is 1.63. The van der Waals surface area contributed by atoms with Gasteiger partial charge in [0.1, 0.15) is 17.4 Å². The zero-order chi connectivity index (χ0) is 25.8. The summed E-state index contributed by atoms with van der Waals surface area (Å²) < 4.78 is 11.5. The van der Waals surface area contributed by atoms with Crippen LogP contribution in [0.1, 0.15) is 48.2 Å². The van der Waals surface area contributed by atoms with E-state index in [9.17, 15) is 14.7 Å². The van der Waals surface area contributed by atoms with Crippen molar-refractivity contribution in [1.29, 1.82) is 0 Å². The summed E-state index contributed by atoms with van der Waals surface area (Å²) in [6.45, 7) is 4.41. The van der Waals surface area contributed by atoms with Crippen molar-refractivity contribution in [2.45, 2.75) is 38.8 Å². The number of nitrogens with zero attached hydrogens (tertiary/aromatic N) is 3. The molecule has 2 aromatic rings. The van der Waals surface area contributed by atoms with Crippen LogP contribution < -0.4 is 9.47 Å². The maximum atomic E-state index is 13.5. The van der Waals surface area contributed by atoms with E-state index in [0.29, 0.717) is 30.0 Å². The second kappa shape index (κ2) is 11.0. The van der Waals surface area contributed by atoms with Gasteiger partial charge in [0.05, 0.1) is 26.3 Å². The van der Waals surface area contributed by atoms with Crippen LogP contribution in [0.2, 0.25) is 0 Å². The Labute approximate surface area is 212 Å². The van der Waals surface area contributed by atoms with Gasteiger partial charge in [-0.2, -0.15) is 0 Å². The summed E-state index contributed by atoms with van der Waals surface area (Å²) in [6.07, 6.45) is 3.09. The maximum absolute atomic E-state index is 13.5. The summed E-state index contributed by atoms with van der Waals surface area (Å²) in [5.74, 6) is 6.96. The Morgan fingerprint density at radius 1 is 1.31 bits per heavy atom. The second-order valence-electron chi connectivity index (χ2n) is 9.67. The van der Waals surface area contributed by atoms with Crippen LogP contribution in [0.5, 0.6) is 11.6 Å². The number of carbonyl (C=O) groups is 2. The number of benzene rings is 1. The molecule has 0 radical (unpaired) electrons. The normalized spacial score (nSPS) is 20.1. The number of methoxy groups -OCH3 is 1. The van der Waals surface area contributed by atoms with Gasteiger partial charge >= 0.3 is 0 Å². The summed E-state index contributed by atoms with van der Waals surface area (Å²) >= 11 is 0. The standard InChI is InChI=1S/C28H33N3O5/c1-18-15-31(19(2)17-32)28(34)24-13-21(9-8-20-6-5-7-23(12-20)35-4)14-29-26(24)36-25(18)16-30(3)27(33)22-10-11-22/h5-7,12-14,18-19,22,25,32H,10-11,15-17H2,1-4H3/t18-,19-,25-/m1/s1. The highest BCUT2D eigenvalue weighted by Crippen LogP contribution is 2.32. The molecule has 190 valence electrons. The fraction of sp³-hybridized carbons (Fsp3) is 0.464. The van der Waals surface area contributed by atoms with Gasteiger partial charge < -0.3 is 24.4 Å². The molecule has 1 N–H and O–H groups in total. The van der Waals surface area contributed by atoms with Crippen LogP contribution in [0.25, 0.3) is 0 Å². The molecule has 3 atom stereocenters. The van der Waals surface area contributed by atoms with Crippen LogP contribution in [0.15, 0.2) is 36.5 Å².